The van der Waals surface area contributed by atoms with Gasteiger partial charge in [-0.2, -0.15) is 0 Å². The second kappa shape index (κ2) is 9.88. The molecule has 0 aliphatic rings. The fourth-order valence-electron chi connectivity index (χ4n) is 3.75. The largest absolute Gasteiger partial charge is 0.497 e. The molecule has 7 heteroatoms. The Bertz CT molecular complexity index is 1280. The molecule has 1 N–H and O–H groups in total. The fourth-order valence-corrected chi connectivity index (χ4v) is 3.87. The van der Waals surface area contributed by atoms with Crippen LogP contribution < -0.4 is 10.1 Å². The van der Waals surface area contributed by atoms with Crippen molar-refractivity contribution in [1.29, 1.82) is 0 Å². The lowest BCUT2D eigenvalue weighted by Gasteiger charge is -2.16. The number of imidazole rings is 1. The number of fused-ring (bicyclic) bond motifs is 1. The number of carbonyl (C=O) groups excluding carboxylic acids is 2. The molecule has 0 bridgehead atoms. The van der Waals surface area contributed by atoms with Gasteiger partial charge in [0.1, 0.15) is 11.6 Å². The maximum Gasteiger partial charge on any atom is 0.224 e. The molecular formula is C26H24ClN3O3. The molecule has 1 unspecified atom stereocenters. The number of hydrogen-bond acceptors (Lipinski definition) is 4. The molecule has 0 aliphatic heterocycles. The van der Waals surface area contributed by atoms with Gasteiger partial charge in [0.05, 0.1) is 37.2 Å². The number of carbonyl (C=O) groups is 2. The summed E-state index contributed by atoms with van der Waals surface area (Å²) < 4.78 is 7.03. The van der Waals surface area contributed by atoms with Crippen LogP contribution in [0.25, 0.3) is 11.0 Å². The lowest BCUT2D eigenvalue weighted by Crippen LogP contribution is -2.30. The van der Waals surface area contributed by atoms with Crippen LogP contribution in [0.1, 0.15) is 34.7 Å². The number of nitrogens with one attached hydrogen (secondary N) is 1. The minimum atomic E-state index is -0.388. The zero-order valence-electron chi connectivity index (χ0n) is 18.4. The molecule has 0 radical (unpaired) electrons. The Labute approximate surface area is 197 Å². The first-order valence-electron chi connectivity index (χ1n) is 10.6. The molecule has 1 aromatic heterocycles. The minimum absolute atomic E-state index is 0.0622. The van der Waals surface area contributed by atoms with Gasteiger partial charge in [-0.05, 0) is 61.0 Å². The summed E-state index contributed by atoms with van der Waals surface area (Å²) in [6.45, 7) is 1.98. The van der Waals surface area contributed by atoms with E-state index in [0.29, 0.717) is 16.4 Å². The lowest BCUT2D eigenvalue weighted by atomic mass is 10.1. The van der Waals surface area contributed by atoms with Gasteiger partial charge in [-0.1, -0.05) is 35.9 Å². The van der Waals surface area contributed by atoms with Crippen molar-refractivity contribution < 1.29 is 14.3 Å². The molecule has 3 aromatic carbocycles. The molecule has 1 amide bonds. The van der Waals surface area contributed by atoms with E-state index in [9.17, 15) is 9.59 Å². The van der Waals surface area contributed by atoms with E-state index >= 15 is 0 Å². The minimum Gasteiger partial charge on any atom is -0.497 e. The molecular weight excluding hydrogens is 438 g/mol. The molecule has 33 heavy (non-hydrogen) atoms. The van der Waals surface area contributed by atoms with Crippen LogP contribution in [0.2, 0.25) is 5.02 Å². The summed E-state index contributed by atoms with van der Waals surface area (Å²) in [5, 5.41) is 3.59. The van der Waals surface area contributed by atoms with E-state index in [0.717, 1.165) is 22.3 Å². The summed E-state index contributed by atoms with van der Waals surface area (Å²) in [5.74, 6) is 1.18. The van der Waals surface area contributed by atoms with Crippen molar-refractivity contribution in [2.75, 3.05) is 7.11 Å². The summed E-state index contributed by atoms with van der Waals surface area (Å²) in [6, 6.07) is 21.4. The third-order valence-corrected chi connectivity index (χ3v) is 5.69. The molecule has 168 valence electrons. The molecule has 0 spiro atoms. The highest BCUT2D eigenvalue weighted by molar-refractivity contribution is 6.30. The van der Waals surface area contributed by atoms with Gasteiger partial charge in [-0.15, -0.1) is 0 Å². The van der Waals surface area contributed by atoms with Gasteiger partial charge in [0.15, 0.2) is 5.78 Å². The van der Waals surface area contributed by atoms with E-state index in [2.05, 4.69) is 5.32 Å². The van der Waals surface area contributed by atoms with Gasteiger partial charge in [-0.25, -0.2) is 4.98 Å². The number of halogens is 1. The zero-order chi connectivity index (χ0) is 23.4. The number of amides is 1. The summed E-state index contributed by atoms with van der Waals surface area (Å²) in [4.78, 5) is 30.4. The highest BCUT2D eigenvalue weighted by atomic mass is 35.5. The van der Waals surface area contributed by atoms with Crippen molar-refractivity contribution in [3.63, 3.8) is 0 Å². The van der Waals surface area contributed by atoms with Gasteiger partial charge in [0.25, 0.3) is 0 Å². The van der Waals surface area contributed by atoms with E-state index in [1.165, 1.54) is 0 Å². The summed E-state index contributed by atoms with van der Waals surface area (Å²) in [5.41, 5.74) is 3.06. The quantitative estimate of drug-likeness (QED) is 0.375. The molecule has 1 atom stereocenters. The van der Waals surface area contributed by atoms with Crippen LogP contribution in [0.3, 0.4) is 0 Å². The van der Waals surface area contributed by atoms with E-state index in [4.69, 9.17) is 21.3 Å². The van der Waals surface area contributed by atoms with Crippen LogP contribution in [0.5, 0.6) is 5.75 Å². The molecule has 0 saturated carbocycles. The first-order valence-corrected chi connectivity index (χ1v) is 11.0. The molecule has 0 saturated heterocycles. The van der Waals surface area contributed by atoms with Gasteiger partial charge < -0.3 is 14.6 Å². The maximum atomic E-state index is 13.0. The number of Topliss-reactive ketones (excluding diaryl/α,β-unsaturated/α-hetero) is 1. The number of hydrogen-bond donors (Lipinski definition) is 1. The Balaban J connectivity index is 1.55. The second-order valence-corrected chi connectivity index (χ2v) is 8.23. The normalized spacial score (nSPS) is 11.8. The molecule has 0 aliphatic carbocycles. The Morgan fingerprint density at radius 2 is 1.73 bits per heavy atom. The molecule has 4 aromatic rings. The number of ether oxygens (including phenoxy) is 1. The second-order valence-electron chi connectivity index (χ2n) is 7.79. The third kappa shape index (κ3) is 5.23. The average Bonchev–Trinajstić information content (AvgIpc) is 3.18. The van der Waals surface area contributed by atoms with Crippen molar-refractivity contribution in [2.45, 2.75) is 25.9 Å². The van der Waals surface area contributed by atoms with Crippen LogP contribution in [-0.4, -0.2) is 28.4 Å². The monoisotopic (exact) mass is 461 g/mol. The molecule has 1 heterocycles. The van der Waals surface area contributed by atoms with Crippen molar-refractivity contribution in [3.05, 3.63) is 94.8 Å². The fraction of sp³-hybridized carbons (Fsp3) is 0.192. The Morgan fingerprint density at radius 1 is 1.03 bits per heavy atom. The van der Waals surface area contributed by atoms with Crippen molar-refractivity contribution in [3.8, 4) is 5.75 Å². The highest BCUT2D eigenvalue weighted by Crippen LogP contribution is 2.22. The zero-order valence-corrected chi connectivity index (χ0v) is 19.2. The van der Waals surface area contributed by atoms with Crippen LogP contribution in [0, 0.1) is 0 Å². The molecule has 0 fully saturated rings. The number of para-hydroxylation sites is 2. The third-order valence-electron chi connectivity index (χ3n) is 5.44. The van der Waals surface area contributed by atoms with Gasteiger partial charge in [-0.3, -0.25) is 9.59 Å². The predicted molar refractivity (Wildman–Crippen MR) is 129 cm³/mol. The highest BCUT2D eigenvalue weighted by Gasteiger charge is 2.20. The Kier molecular flexibility index (Phi) is 6.75. The van der Waals surface area contributed by atoms with Crippen LogP contribution in [0.15, 0.2) is 72.8 Å². The predicted octanol–water partition coefficient (Wildman–Crippen LogP) is 5.00. The van der Waals surface area contributed by atoms with Gasteiger partial charge >= 0.3 is 0 Å². The topological polar surface area (TPSA) is 73.2 Å². The Hall–Kier alpha value is -3.64. The van der Waals surface area contributed by atoms with Crippen LogP contribution in [0.4, 0.5) is 0 Å². The number of benzene rings is 3. The van der Waals surface area contributed by atoms with E-state index in [-0.39, 0.29) is 30.7 Å². The number of rotatable bonds is 8. The number of ketones is 1. The summed E-state index contributed by atoms with van der Waals surface area (Å²) in [6.07, 6.45) is 0.234. The summed E-state index contributed by atoms with van der Waals surface area (Å²) >= 11 is 5.95. The summed E-state index contributed by atoms with van der Waals surface area (Å²) in [7, 11) is 1.60. The van der Waals surface area contributed by atoms with Crippen LogP contribution in [-0.2, 0) is 17.8 Å². The smallest absolute Gasteiger partial charge is 0.224 e. The van der Waals surface area contributed by atoms with E-state index in [1.54, 1.807) is 31.4 Å². The van der Waals surface area contributed by atoms with Crippen LogP contribution >= 0.6 is 11.6 Å². The van der Waals surface area contributed by atoms with Crippen molar-refractivity contribution >= 4 is 34.3 Å². The Morgan fingerprint density at radius 3 is 2.42 bits per heavy atom. The first-order chi connectivity index (χ1) is 15.9. The standard InChI is InChI=1S/C26H24ClN3O3/c1-17(28-25(32)15-18-7-13-21(33-2)14-8-18)26-29-22-5-3-4-6-23(22)30(26)16-24(31)19-9-11-20(27)12-10-19/h3-14,17H,15-16H2,1-2H3,(H,28,32). The SMILES string of the molecule is COc1ccc(CC(=O)NC(C)c2nc3ccccc3n2CC(=O)c2ccc(Cl)cc2)cc1. The van der Waals surface area contributed by atoms with E-state index in [1.807, 2.05) is 60.0 Å². The van der Waals surface area contributed by atoms with E-state index < -0.39 is 0 Å². The van der Waals surface area contributed by atoms with Gasteiger partial charge in [0, 0.05) is 10.6 Å². The van der Waals surface area contributed by atoms with Crippen molar-refractivity contribution in [1.82, 2.24) is 14.9 Å². The average molecular weight is 462 g/mol. The first kappa shape index (κ1) is 22.6. The number of nitrogens with zero attached hydrogens (tertiary/aromatic N) is 2. The molecule has 4 rings (SSSR count). The number of aromatic nitrogens is 2. The number of methoxy groups -OCH3 is 1. The maximum absolute atomic E-state index is 13.0. The van der Waals surface area contributed by atoms with Gasteiger partial charge in [0.2, 0.25) is 5.91 Å². The lowest BCUT2D eigenvalue weighted by molar-refractivity contribution is -0.121. The molecule has 6 nitrogen and oxygen atoms in total. The van der Waals surface area contributed by atoms with Crippen molar-refractivity contribution in [2.24, 2.45) is 0 Å².